The first kappa shape index (κ1) is 14.1. The lowest BCUT2D eigenvalue weighted by atomic mass is 10.1. The molecule has 1 heterocycles. The molecule has 2 amide bonds. The maximum absolute atomic E-state index is 12.1. The Morgan fingerprint density at radius 2 is 1.95 bits per heavy atom. The van der Waals surface area contributed by atoms with Crippen molar-refractivity contribution in [2.45, 2.75) is 12.8 Å². The zero-order valence-electron chi connectivity index (χ0n) is 11.9. The number of carbonyl (C=O) groups excluding carboxylic acids is 2. The van der Waals surface area contributed by atoms with Crippen LogP contribution in [0.15, 0.2) is 42.5 Å². The van der Waals surface area contributed by atoms with Gasteiger partial charge in [-0.1, -0.05) is 12.1 Å². The van der Waals surface area contributed by atoms with Crippen molar-refractivity contribution in [2.24, 2.45) is 0 Å². The summed E-state index contributed by atoms with van der Waals surface area (Å²) < 4.78 is 0. The van der Waals surface area contributed by atoms with Crippen molar-refractivity contribution in [1.29, 1.82) is 0 Å². The normalized spacial score (nSPS) is 12.6. The minimum Gasteiger partial charge on any atom is -0.508 e. The molecule has 5 heteroatoms. The number of carbonyl (C=O) groups is 2. The van der Waals surface area contributed by atoms with E-state index in [2.05, 4.69) is 10.6 Å². The fourth-order valence-corrected chi connectivity index (χ4v) is 2.46. The summed E-state index contributed by atoms with van der Waals surface area (Å²) in [7, 11) is 0. The number of rotatable bonds is 4. The van der Waals surface area contributed by atoms with Crippen LogP contribution in [-0.2, 0) is 17.6 Å². The monoisotopic (exact) mass is 296 g/mol. The van der Waals surface area contributed by atoms with Crippen molar-refractivity contribution >= 4 is 17.5 Å². The second-order valence-corrected chi connectivity index (χ2v) is 5.27. The van der Waals surface area contributed by atoms with Crippen molar-refractivity contribution in [2.75, 3.05) is 11.9 Å². The number of aromatic hydroxyl groups is 1. The summed E-state index contributed by atoms with van der Waals surface area (Å²) in [6.45, 7) is 0.512. The number of amides is 2. The van der Waals surface area contributed by atoms with E-state index in [1.807, 2.05) is 12.1 Å². The standard InChI is InChI=1S/C17H16N2O3/c20-14-4-1-11(2-5-14)7-8-18-17(22)12-3-6-15-13(9-12)10-16(21)19-15/h1-6,9,20H,7-8,10H2,(H,18,22)(H,19,21). The molecule has 0 fully saturated rings. The maximum Gasteiger partial charge on any atom is 0.251 e. The van der Waals surface area contributed by atoms with Crippen LogP contribution in [0.1, 0.15) is 21.5 Å². The molecule has 0 atom stereocenters. The van der Waals surface area contributed by atoms with E-state index in [1.165, 1.54) is 0 Å². The number of hydrogen-bond donors (Lipinski definition) is 3. The van der Waals surface area contributed by atoms with Gasteiger partial charge in [-0.05, 0) is 47.9 Å². The van der Waals surface area contributed by atoms with Gasteiger partial charge >= 0.3 is 0 Å². The van der Waals surface area contributed by atoms with E-state index < -0.39 is 0 Å². The average molecular weight is 296 g/mol. The summed E-state index contributed by atoms with van der Waals surface area (Å²) >= 11 is 0. The Labute approximate surface area is 128 Å². The average Bonchev–Trinajstić information content (AvgIpc) is 2.88. The Hall–Kier alpha value is -2.82. The van der Waals surface area contributed by atoms with Crippen LogP contribution in [0, 0.1) is 0 Å². The van der Waals surface area contributed by atoms with Crippen molar-refractivity contribution in [3.05, 3.63) is 59.2 Å². The van der Waals surface area contributed by atoms with Gasteiger partial charge in [0.2, 0.25) is 5.91 Å². The van der Waals surface area contributed by atoms with Crippen LogP contribution in [0.5, 0.6) is 5.75 Å². The molecular weight excluding hydrogens is 280 g/mol. The quantitative estimate of drug-likeness (QED) is 0.806. The molecule has 0 aromatic heterocycles. The lowest BCUT2D eigenvalue weighted by Crippen LogP contribution is -2.25. The zero-order chi connectivity index (χ0) is 15.5. The topological polar surface area (TPSA) is 78.4 Å². The SMILES string of the molecule is O=C1Cc2cc(C(=O)NCCc3ccc(O)cc3)ccc2N1. The smallest absolute Gasteiger partial charge is 0.251 e. The highest BCUT2D eigenvalue weighted by molar-refractivity contribution is 6.01. The Bertz CT molecular complexity index is 723. The second kappa shape index (κ2) is 5.89. The predicted octanol–water partition coefficient (Wildman–Crippen LogP) is 1.86. The van der Waals surface area contributed by atoms with Gasteiger partial charge in [-0.25, -0.2) is 0 Å². The Morgan fingerprint density at radius 1 is 1.18 bits per heavy atom. The molecule has 0 unspecified atom stereocenters. The summed E-state index contributed by atoms with van der Waals surface area (Å²) in [5, 5.41) is 14.8. The van der Waals surface area contributed by atoms with Crippen LogP contribution >= 0.6 is 0 Å². The van der Waals surface area contributed by atoms with E-state index in [4.69, 9.17) is 0 Å². The van der Waals surface area contributed by atoms with Gasteiger partial charge in [-0.2, -0.15) is 0 Å². The molecule has 3 rings (SSSR count). The van der Waals surface area contributed by atoms with Gasteiger partial charge in [-0.3, -0.25) is 9.59 Å². The fourth-order valence-electron chi connectivity index (χ4n) is 2.46. The zero-order valence-corrected chi connectivity index (χ0v) is 11.9. The molecule has 22 heavy (non-hydrogen) atoms. The van der Waals surface area contributed by atoms with Gasteiger partial charge in [0, 0.05) is 17.8 Å². The van der Waals surface area contributed by atoms with Crippen LogP contribution in [0.3, 0.4) is 0 Å². The van der Waals surface area contributed by atoms with Crippen LogP contribution < -0.4 is 10.6 Å². The third kappa shape index (κ3) is 3.09. The molecule has 2 aromatic rings. The van der Waals surface area contributed by atoms with Gasteiger partial charge < -0.3 is 15.7 Å². The maximum atomic E-state index is 12.1. The lowest BCUT2D eigenvalue weighted by Gasteiger charge is -2.07. The van der Waals surface area contributed by atoms with Crippen LogP contribution in [-0.4, -0.2) is 23.5 Å². The second-order valence-electron chi connectivity index (χ2n) is 5.27. The molecule has 0 saturated carbocycles. The minimum absolute atomic E-state index is 0.0418. The van der Waals surface area contributed by atoms with Gasteiger partial charge in [-0.15, -0.1) is 0 Å². The number of hydrogen-bond acceptors (Lipinski definition) is 3. The van der Waals surface area contributed by atoms with Crippen molar-refractivity contribution in [3.63, 3.8) is 0 Å². The lowest BCUT2D eigenvalue weighted by molar-refractivity contribution is -0.115. The van der Waals surface area contributed by atoms with E-state index in [0.29, 0.717) is 24.9 Å². The minimum atomic E-state index is -0.152. The largest absolute Gasteiger partial charge is 0.508 e. The molecule has 0 spiro atoms. The van der Waals surface area contributed by atoms with E-state index in [1.54, 1.807) is 30.3 Å². The first-order chi connectivity index (χ1) is 10.6. The highest BCUT2D eigenvalue weighted by atomic mass is 16.3. The number of nitrogens with one attached hydrogen (secondary N) is 2. The molecule has 3 N–H and O–H groups in total. The highest BCUT2D eigenvalue weighted by Crippen LogP contribution is 2.23. The molecular formula is C17H16N2O3. The van der Waals surface area contributed by atoms with E-state index in [-0.39, 0.29) is 17.6 Å². The van der Waals surface area contributed by atoms with Crippen LogP contribution in [0.25, 0.3) is 0 Å². The summed E-state index contributed by atoms with van der Waals surface area (Å²) in [5.41, 5.74) is 3.24. The Kier molecular flexibility index (Phi) is 3.78. The molecule has 0 bridgehead atoms. The van der Waals surface area contributed by atoms with Crippen molar-refractivity contribution in [3.8, 4) is 5.75 Å². The number of phenols is 1. The highest BCUT2D eigenvalue weighted by Gasteiger charge is 2.18. The summed E-state index contributed by atoms with van der Waals surface area (Å²) in [5.74, 6) is 0.0369. The molecule has 112 valence electrons. The molecule has 0 radical (unpaired) electrons. The van der Waals surface area contributed by atoms with Gasteiger partial charge in [0.05, 0.1) is 6.42 Å². The van der Waals surface area contributed by atoms with Gasteiger partial charge in [0.15, 0.2) is 0 Å². The summed E-state index contributed by atoms with van der Waals surface area (Å²) in [6, 6.07) is 12.1. The van der Waals surface area contributed by atoms with Crippen LogP contribution in [0.2, 0.25) is 0 Å². The summed E-state index contributed by atoms with van der Waals surface area (Å²) in [6.07, 6.45) is 1.01. The molecule has 1 aliphatic rings. The van der Waals surface area contributed by atoms with E-state index in [9.17, 15) is 14.7 Å². The number of fused-ring (bicyclic) bond motifs is 1. The van der Waals surface area contributed by atoms with E-state index >= 15 is 0 Å². The predicted molar refractivity (Wildman–Crippen MR) is 82.9 cm³/mol. The first-order valence-corrected chi connectivity index (χ1v) is 7.11. The van der Waals surface area contributed by atoms with Gasteiger partial charge in [0.1, 0.15) is 5.75 Å². The first-order valence-electron chi connectivity index (χ1n) is 7.11. The van der Waals surface area contributed by atoms with Gasteiger partial charge in [0.25, 0.3) is 5.91 Å². The van der Waals surface area contributed by atoms with Crippen LogP contribution in [0.4, 0.5) is 5.69 Å². The number of anilines is 1. The number of benzene rings is 2. The molecule has 0 aliphatic carbocycles. The third-order valence-corrected chi connectivity index (χ3v) is 3.63. The van der Waals surface area contributed by atoms with Crippen molar-refractivity contribution < 1.29 is 14.7 Å². The molecule has 1 aliphatic heterocycles. The third-order valence-electron chi connectivity index (χ3n) is 3.63. The fraction of sp³-hybridized carbons (Fsp3) is 0.176. The Morgan fingerprint density at radius 3 is 2.73 bits per heavy atom. The molecule has 5 nitrogen and oxygen atoms in total. The molecule has 0 saturated heterocycles. The number of phenolic OH excluding ortho intramolecular Hbond substituents is 1. The molecule has 2 aromatic carbocycles. The Balaban J connectivity index is 1.57. The van der Waals surface area contributed by atoms with E-state index in [0.717, 1.165) is 16.8 Å². The summed E-state index contributed by atoms with van der Waals surface area (Å²) in [4.78, 5) is 23.4. The van der Waals surface area contributed by atoms with Crippen molar-refractivity contribution in [1.82, 2.24) is 5.32 Å².